The second-order valence-corrected chi connectivity index (χ2v) is 5.65. The van der Waals surface area contributed by atoms with Gasteiger partial charge < -0.3 is 15.0 Å². The number of aryl methyl sites for hydroxylation is 1. The van der Waals surface area contributed by atoms with Crippen molar-refractivity contribution in [1.29, 1.82) is 0 Å². The smallest absolute Gasteiger partial charge is 0.134 e. The van der Waals surface area contributed by atoms with Crippen LogP contribution in [0.5, 0.6) is 0 Å². The first-order valence-electron chi connectivity index (χ1n) is 8.16. The van der Waals surface area contributed by atoms with Crippen molar-refractivity contribution in [2.45, 2.75) is 52.1 Å². The molecule has 1 atom stereocenters. The molecule has 2 rings (SSSR count). The van der Waals surface area contributed by atoms with Gasteiger partial charge in [-0.25, -0.2) is 9.97 Å². The highest BCUT2D eigenvalue weighted by Gasteiger charge is 2.21. The van der Waals surface area contributed by atoms with Crippen LogP contribution in [0.2, 0.25) is 0 Å². The highest BCUT2D eigenvalue weighted by molar-refractivity contribution is 5.50. The number of nitrogens with zero attached hydrogens (tertiary/aromatic N) is 3. The summed E-state index contributed by atoms with van der Waals surface area (Å²) in [5, 5.41) is 3.39. The minimum Gasteiger partial charge on any atom is -0.380 e. The Morgan fingerprint density at radius 2 is 2.19 bits per heavy atom. The van der Waals surface area contributed by atoms with Crippen LogP contribution >= 0.6 is 0 Å². The van der Waals surface area contributed by atoms with E-state index >= 15 is 0 Å². The molecular formula is C16H28N4O. The van der Waals surface area contributed by atoms with Gasteiger partial charge in [-0.05, 0) is 25.7 Å². The lowest BCUT2D eigenvalue weighted by Gasteiger charge is -2.33. The lowest BCUT2D eigenvalue weighted by molar-refractivity contribution is 0.0891. The van der Waals surface area contributed by atoms with Crippen molar-refractivity contribution in [3.8, 4) is 0 Å². The van der Waals surface area contributed by atoms with Crippen molar-refractivity contribution in [3.05, 3.63) is 11.9 Å². The summed E-state index contributed by atoms with van der Waals surface area (Å²) in [6.07, 6.45) is 5.70. The molecule has 0 aromatic carbocycles. The molecule has 1 unspecified atom stereocenters. The number of ether oxygens (including phenoxy) is 1. The first-order valence-corrected chi connectivity index (χ1v) is 8.16. The first-order chi connectivity index (χ1) is 10.3. The van der Waals surface area contributed by atoms with E-state index in [-0.39, 0.29) is 0 Å². The second kappa shape index (κ2) is 8.17. The molecule has 0 spiro atoms. The number of rotatable bonds is 7. The zero-order valence-corrected chi connectivity index (χ0v) is 13.6. The predicted octanol–water partition coefficient (Wildman–Crippen LogP) is 2.87. The van der Waals surface area contributed by atoms with Gasteiger partial charge in [0.2, 0.25) is 0 Å². The molecule has 5 heteroatoms. The second-order valence-electron chi connectivity index (χ2n) is 5.65. The summed E-state index contributed by atoms with van der Waals surface area (Å²) in [5.41, 5.74) is 0. The van der Waals surface area contributed by atoms with E-state index in [1.807, 2.05) is 0 Å². The highest BCUT2D eigenvalue weighted by atomic mass is 16.5. The number of methoxy groups -OCH3 is 1. The van der Waals surface area contributed by atoms with Crippen LogP contribution in [0.4, 0.5) is 11.6 Å². The Bertz CT molecular complexity index is 438. The summed E-state index contributed by atoms with van der Waals surface area (Å²) >= 11 is 0. The Morgan fingerprint density at radius 3 is 2.90 bits per heavy atom. The van der Waals surface area contributed by atoms with Gasteiger partial charge in [0, 0.05) is 39.2 Å². The van der Waals surface area contributed by atoms with Gasteiger partial charge in [0.25, 0.3) is 0 Å². The van der Waals surface area contributed by atoms with E-state index in [4.69, 9.17) is 9.72 Å². The van der Waals surface area contributed by atoms with Crippen molar-refractivity contribution in [2.24, 2.45) is 0 Å². The maximum absolute atomic E-state index is 5.52. The van der Waals surface area contributed by atoms with Crippen molar-refractivity contribution in [2.75, 3.05) is 37.0 Å². The van der Waals surface area contributed by atoms with Crippen LogP contribution in [0.1, 0.15) is 45.4 Å². The molecule has 21 heavy (non-hydrogen) atoms. The molecule has 0 bridgehead atoms. The van der Waals surface area contributed by atoms with Gasteiger partial charge in [0.15, 0.2) is 0 Å². The van der Waals surface area contributed by atoms with Crippen molar-refractivity contribution in [3.63, 3.8) is 0 Å². The van der Waals surface area contributed by atoms with E-state index < -0.39 is 0 Å². The third-order valence-electron chi connectivity index (χ3n) is 3.82. The number of piperidine rings is 1. The molecule has 118 valence electrons. The fourth-order valence-corrected chi connectivity index (χ4v) is 2.66. The third-order valence-corrected chi connectivity index (χ3v) is 3.82. The average Bonchev–Trinajstić information content (AvgIpc) is 2.53. The van der Waals surface area contributed by atoms with Crippen LogP contribution in [0, 0.1) is 0 Å². The molecule has 1 fully saturated rings. The number of hydrogen-bond acceptors (Lipinski definition) is 5. The van der Waals surface area contributed by atoms with Crippen LogP contribution in [0.25, 0.3) is 0 Å². The lowest BCUT2D eigenvalue weighted by Crippen LogP contribution is -2.39. The number of anilines is 2. The molecule has 1 aromatic heterocycles. The van der Waals surface area contributed by atoms with E-state index in [9.17, 15) is 0 Å². The number of hydrogen-bond donors (Lipinski definition) is 1. The van der Waals surface area contributed by atoms with Gasteiger partial charge >= 0.3 is 0 Å². The van der Waals surface area contributed by atoms with E-state index in [0.29, 0.717) is 6.10 Å². The molecule has 1 aliphatic heterocycles. The van der Waals surface area contributed by atoms with Gasteiger partial charge in [-0.2, -0.15) is 0 Å². The van der Waals surface area contributed by atoms with Crippen molar-refractivity contribution < 1.29 is 4.74 Å². The minimum atomic E-state index is 0.315. The monoisotopic (exact) mass is 292 g/mol. The van der Waals surface area contributed by atoms with E-state index in [2.05, 4.69) is 35.1 Å². The Hall–Kier alpha value is -1.36. The molecular weight excluding hydrogens is 264 g/mol. The van der Waals surface area contributed by atoms with Crippen LogP contribution in [0.3, 0.4) is 0 Å². The first kappa shape index (κ1) is 16.0. The number of aromatic nitrogens is 2. The maximum atomic E-state index is 5.52. The Labute approximate surface area is 128 Å². The molecule has 1 aromatic rings. The minimum absolute atomic E-state index is 0.315. The van der Waals surface area contributed by atoms with Crippen LogP contribution in [-0.2, 0) is 11.2 Å². The zero-order valence-electron chi connectivity index (χ0n) is 13.6. The summed E-state index contributed by atoms with van der Waals surface area (Å²) in [6.45, 7) is 7.25. The van der Waals surface area contributed by atoms with E-state index in [1.165, 1.54) is 0 Å². The normalized spacial score (nSPS) is 18.8. The maximum Gasteiger partial charge on any atom is 0.134 e. The quantitative estimate of drug-likeness (QED) is 0.837. The Kier molecular flexibility index (Phi) is 6.23. The predicted molar refractivity (Wildman–Crippen MR) is 87.1 cm³/mol. The summed E-state index contributed by atoms with van der Waals surface area (Å²) in [5.74, 6) is 2.92. The Morgan fingerprint density at radius 1 is 1.33 bits per heavy atom. The molecule has 0 amide bonds. The van der Waals surface area contributed by atoms with Crippen LogP contribution in [0.15, 0.2) is 6.07 Å². The SMILES string of the molecule is CCCNc1cc(N2CCCC(OC)C2)nc(CCC)n1. The van der Waals surface area contributed by atoms with E-state index in [1.54, 1.807) is 7.11 Å². The lowest BCUT2D eigenvalue weighted by atomic mass is 10.1. The zero-order chi connectivity index (χ0) is 15.1. The van der Waals surface area contributed by atoms with Gasteiger partial charge in [0.05, 0.1) is 6.10 Å². The van der Waals surface area contributed by atoms with Crippen molar-refractivity contribution in [1.82, 2.24) is 9.97 Å². The van der Waals surface area contributed by atoms with Gasteiger partial charge in [-0.3, -0.25) is 0 Å². The molecule has 0 saturated carbocycles. The summed E-state index contributed by atoms with van der Waals surface area (Å²) < 4.78 is 5.52. The largest absolute Gasteiger partial charge is 0.380 e. The third kappa shape index (κ3) is 4.56. The average molecular weight is 292 g/mol. The van der Waals surface area contributed by atoms with Crippen molar-refractivity contribution >= 4 is 11.6 Å². The topological polar surface area (TPSA) is 50.3 Å². The molecule has 1 N–H and O–H groups in total. The summed E-state index contributed by atoms with van der Waals surface area (Å²) in [6, 6.07) is 2.08. The molecule has 0 radical (unpaired) electrons. The summed E-state index contributed by atoms with van der Waals surface area (Å²) in [7, 11) is 1.80. The molecule has 1 aliphatic rings. The molecule has 1 saturated heterocycles. The molecule has 0 aliphatic carbocycles. The molecule has 2 heterocycles. The van der Waals surface area contributed by atoms with Crippen LogP contribution < -0.4 is 10.2 Å². The highest BCUT2D eigenvalue weighted by Crippen LogP contribution is 2.22. The van der Waals surface area contributed by atoms with Gasteiger partial charge in [0.1, 0.15) is 17.5 Å². The summed E-state index contributed by atoms with van der Waals surface area (Å²) in [4.78, 5) is 11.7. The fourth-order valence-electron chi connectivity index (χ4n) is 2.66. The Balaban J connectivity index is 2.17. The van der Waals surface area contributed by atoms with E-state index in [0.717, 1.165) is 69.2 Å². The fraction of sp³-hybridized carbons (Fsp3) is 0.750. The standard InChI is InChI=1S/C16H28N4O/c1-4-7-14-18-15(17-9-5-2)11-16(19-14)20-10-6-8-13(12-20)21-3/h11,13H,4-10,12H2,1-3H3,(H,17,18,19). The van der Waals surface area contributed by atoms with Gasteiger partial charge in [-0.1, -0.05) is 13.8 Å². The number of nitrogens with one attached hydrogen (secondary N) is 1. The molecule has 5 nitrogen and oxygen atoms in total. The van der Waals surface area contributed by atoms with Crippen LogP contribution in [-0.4, -0.2) is 42.8 Å². The van der Waals surface area contributed by atoms with Gasteiger partial charge in [-0.15, -0.1) is 0 Å².